The van der Waals surface area contributed by atoms with Gasteiger partial charge in [0.05, 0.1) is 25.1 Å². The number of guanidine groups is 1. The molecular weight excluding hydrogens is 384 g/mol. The first-order chi connectivity index (χ1) is 13.3. The predicted molar refractivity (Wildman–Crippen MR) is 111 cm³/mol. The minimum Gasteiger partial charge on any atom is -0.491 e. The molecule has 1 aromatic carbocycles. The second-order valence-corrected chi connectivity index (χ2v) is 8.03. The zero-order valence-corrected chi connectivity index (χ0v) is 17.6. The molecule has 10 heteroatoms. The van der Waals surface area contributed by atoms with Crippen molar-refractivity contribution in [2.24, 2.45) is 10.1 Å². The highest BCUT2D eigenvalue weighted by Gasteiger charge is 2.05. The average Bonchev–Trinajstić information content (AvgIpc) is 2.61. The first-order valence-electron chi connectivity index (χ1n) is 9.19. The van der Waals surface area contributed by atoms with Gasteiger partial charge < -0.3 is 24.8 Å². The molecule has 28 heavy (non-hydrogen) atoms. The fourth-order valence-corrected chi connectivity index (χ4v) is 2.47. The van der Waals surface area contributed by atoms with Crippen molar-refractivity contribution in [2.45, 2.75) is 26.4 Å². The minimum absolute atomic E-state index is 0.0990. The second-order valence-electron chi connectivity index (χ2n) is 6.30. The fourth-order valence-electron chi connectivity index (χ4n) is 2.08. The summed E-state index contributed by atoms with van der Waals surface area (Å²) >= 11 is 0. The maximum Gasteiger partial charge on any atom is 0.210 e. The van der Waals surface area contributed by atoms with E-state index in [-0.39, 0.29) is 18.4 Å². The van der Waals surface area contributed by atoms with Gasteiger partial charge in [0.2, 0.25) is 10.0 Å². The molecular formula is C18H32N4O5S. The Bertz CT molecular complexity index is 678. The largest absolute Gasteiger partial charge is 0.491 e. The Morgan fingerprint density at radius 3 is 2.50 bits per heavy atom. The third-order valence-electron chi connectivity index (χ3n) is 3.32. The molecule has 9 nitrogen and oxygen atoms in total. The molecule has 1 aromatic rings. The van der Waals surface area contributed by atoms with Gasteiger partial charge in [0.15, 0.2) is 5.96 Å². The van der Waals surface area contributed by atoms with E-state index in [0.29, 0.717) is 32.3 Å². The van der Waals surface area contributed by atoms with Crippen molar-refractivity contribution in [3.63, 3.8) is 0 Å². The third-order valence-corrected chi connectivity index (χ3v) is 4.09. The van der Waals surface area contributed by atoms with Crippen LogP contribution < -0.4 is 20.5 Å². The lowest BCUT2D eigenvalue weighted by Crippen LogP contribution is -2.36. The van der Waals surface area contributed by atoms with E-state index >= 15 is 0 Å². The molecule has 1 rings (SSSR count). The maximum atomic E-state index is 11.1. The lowest BCUT2D eigenvalue weighted by atomic mass is 10.3. The fraction of sp³-hybridized carbons (Fsp3) is 0.611. The zero-order chi connectivity index (χ0) is 20.8. The Labute approximate surface area is 167 Å². The molecule has 160 valence electrons. The van der Waals surface area contributed by atoms with Crippen LogP contribution in [0.2, 0.25) is 0 Å². The van der Waals surface area contributed by atoms with Crippen LogP contribution in [0.25, 0.3) is 0 Å². The van der Waals surface area contributed by atoms with Crippen LogP contribution >= 0.6 is 0 Å². The Hall–Kier alpha value is -1.88. The predicted octanol–water partition coefficient (Wildman–Crippen LogP) is 1.17. The number of rotatable bonds is 13. The number of benzene rings is 1. The number of nitrogens with zero attached hydrogens (tertiary/aromatic N) is 1. The van der Waals surface area contributed by atoms with Gasteiger partial charge in [-0.15, -0.1) is 0 Å². The lowest BCUT2D eigenvalue weighted by molar-refractivity contribution is 0.0702. The number of nitrogens with two attached hydrogens (primary N) is 1. The summed E-state index contributed by atoms with van der Waals surface area (Å²) in [5.74, 6) is 1.06. The maximum absolute atomic E-state index is 11.1. The van der Waals surface area contributed by atoms with Gasteiger partial charge in [0.1, 0.15) is 5.75 Å². The van der Waals surface area contributed by atoms with E-state index in [2.05, 4.69) is 15.6 Å². The van der Waals surface area contributed by atoms with E-state index in [1.807, 2.05) is 38.1 Å². The summed E-state index contributed by atoms with van der Waals surface area (Å²) in [5, 5.41) is 11.2. The lowest BCUT2D eigenvalue weighted by Gasteiger charge is -2.14. The molecule has 0 saturated carbocycles. The first kappa shape index (κ1) is 24.2. The molecule has 0 unspecified atom stereocenters. The van der Waals surface area contributed by atoms with Crippen molar-refractivity contribution >= 4 is 21.7 Å². The van der Waals surface area contributed by atoms with E-state index < -0.39 is 10.0 Å². The van der Waals surface area contributed by atoms with Gasteiger partial charge in [-0.25, -0.2) is 13.6 Å². The summed E-state index contributed by atoms with van der Waals surface area (Å²) in [7, 11) is -1.92. The van der Waals surface area contributed by atoms with Crippen molar-refractivity contribution < 1.29 is 22.6 Å². The summed E-state index contributed by atoms with van der Waals surface area (Å²) in [6, 6.07) is 7.44. The van der Waals surface area contributed by atoms with Gasteiger partial charge in [0, 0.05) is 32.5 Å². The van der Waals surface area contributed by atoms with Gasteiger partial charge in [-0.05, 0) is 44.5 Å². The van der Waals surface area contributed by atoms with Crippen LogP contribution in [-0.4, -0.2) is 66.3 Å². The average molecular weight is 417 g/mol. The smallest absolute Gasteiger partial charge is 0.210 e. The number of sulfonamides is 1. The number of anilines is 1. The number of nitrogens with one attached hydrogen (secondary N) is 2. The van der Waals surface area contributed by atoms with Crippen LogP contribution in [0.5, 0.6) is 5.75 Å². The van der Waals surface area contributed by atoms with E-state index in [1.54, 1.807) is 7.11 Å². The second kappa shape index (κ2) is 13.3. The van der Waals surface area contributed by atoms with Crippen molar-refractivity contribution in [2.75, 3.05) is 51.1 Å². The molecule has 0 aliphatic rings. The van der Waals surface area contributed by atoms with Crippen molar-refractivity contribution in [3.05, 3.63) is 24.3 Å². The van der Waals surface area contributed by atoms with Crippen LogP contribution in [0.4, 0.5) is 5.69 Å². The summed E-state index contributed by atoms with van der Waals surface area (Å²) in [6.07, 6.45) is 0.828. The zero-order valence-electron chi connectivity index (χ0n) is 16.8. The molecule has 0 aliphatic heterocycles. The van der Waals surface area contributed by atoms with Crippen molar-refractivity contribution in [1.29, 1.82) is 0 Å². The minimum atomic E-state index is -3.54. The van der Waals surface area contributed by atoms with Crippen LogP contribution in [0.1, 0.15) is 20.3 Å². The quantitative estimate of drug-likeness (QED) is 0.250. The number of aliphatic imine (C=N–C) groups is 1. The van der Waals surface area contributed by atoms with Gasteiger partial charge in [-0.2, -0.15) is 0 Å². The van der Waals surface area contributed by atoms with Crippen LogP contribution in [-0.2, 0) is 19.5 Å². The Morgan fingerprint density at radius 1 is 1.18 bits per heavy atom. The topological polar surface area (TPSA) is 124 Å². The molecule has 0 bridgehead atoms. The van der Waals surface area contributed by atoms with Gasteiger partial charge in [0.25, 0.3) is 0 Å². The number of hydrogen-bond donors (Lipinski definition) is 3. The third kappa shape index (κ3) is 12.5. The molecule has 4 N–H and O–H groups in total. The highest BCUT2D eigenvalue weighted by atomic mass is 32.2. The van der Waals surface area contributed by atoms with Crippen LogP contribution in [0.15, 0.2) is 29.3 Å². The standard InChI is InChI=1S/C18H32N4O5S/c1-15(2)27-17-7-5-16(6-8-17)22-18(21-10-14-28(19,23)24)20-9-4-11-26-13-12-25-3/h5-8,15H,4,9-14H2,1-3H3,(H2,19,23,24)(H2,20,21,22). The molecule has 0 atom stereocenters. The van der Waals surface area contributed by atoms with E-state index in [0.717, 1.165) is 17.9 Å². The van der Waals surface area contributed by atoms with Gasteiger partial charge >= 0.3 is 0 Å². The Kier molecular flexibility index (Phi) is 11.5. The van der Waals surface area contributed by atoms with Crippen molar-refractivity contribution in [1.82, 2.24) is 5.32 Å². The summed E-state index contributed by atoms with van der Waals surface area (Å²) in [6.45, 7) is 6.27. The molecule has 0 aromatic heterocycles. The molecule has 0 spiro atoms. The molecule has 0 saturated heterocycles. The molecule has 0 aliphatic carbocycles. The normalized spacial score (nSPS) is 12.2. The van der Waals surface area contributed by atoms with Crippen LogP contribution in [0, 0.1) is 0 Å². The summed E-state index contributed by atoms with van der Waals surface area (Å²) in [5.41, 5.74) is 0.800. The molecule has 0 fully saturated rings. The first-order valence-corrected chi connectivity index (χ1v) is 10.9. The number of methoxy groups -OCH3 is 1. The van der Waals surface area contributed by atoms with E-state index in [4.69, 9.17) is 19.3 Å². The number of hydrogen-bond acceptors (Lipinski definition) is 6. The summed E-state index contributed by atoms with van der Waals surface area (Å²) < 4.78 is 38.2. The Balaban J connectivity index is 2.59. The molecule has 0 heterocycles. The van der Waals surface area contributed by atoms with Crippen LogP contribution in [0.3, 0.4) is 0 Å². The summed E-state index contributed by atoms with van der Waals surface area (Å²) in [4.78, 5) is 4.44. The number of primary sulfonamides is 1. The SMILES string of the molecule is COCCOCCCN=C(NCCS(N)(=O)=O)Nc1ccc(OC(C)C)cc1. The molecule has 0 amide bonds. The monoisotopic (exact) mass is 416 g/mol. The Morgan fingerprint density at radius 2 is 1.89 bits per heavy atom. The van der Waals surface area contributed by atoms with Crippen molar-refractivity contribution in [3.8, 4) is 5.75 Å². The van der Waals surface area contributed by atoms with Gasteiger partial charge in [-0.1, -0.05) is 0 Å². The van der Waals surface area contributed by atoms with E-state index in [9.17, 15) is 8.42 Å². The highest BCUT2D eigenvalue weighted by molar-refractivity contribution is 7.89. The highest BCUT2D eigenvalue weighted by Crippen LogP contribution is 2.16. The van der Waals surface area contributed by atoms with E-state index in [1.165, 1.54) is 0 Å². The van der Waals surface area contributed by atoms with Gasteiger partial charge in [-0.3, -0.25) is 4.99 Å². The molecule has 0 radical (unpaired) electrons. The number of ether oxygens (including phenoxy) is 3.